The molecule has 0 aliphatic rings. The number of hydrogen-bond acceptors (Lipinski definition) is 2. The molecular weight excluding hydrogens is 428 g/mol. The fraction of sp³-hybridized carbons (Fsp3) is 0.0625. The zero-order chi connectivity index (χ0) is 24.8. The Hall–Kier alpha value is -4.68. The van der Waals surface area contributed by atoms with Crippen LogP contribution in [0, 0.1) is 18.3 Å². The van der Waals surface area contributed by atoms with Gasteiger partial charge in [0.1, 0.15) is 18.2 Å². The molecule has 2 aromatic heterocycles. The van der Waals surface area contributed by atoms with E-state index in [1.165, 1.54) is 0 Å². The molecule has 0 amide bonds. The Balaban J connectivity index is 1.65. The second-order valence-electron chi connectivity index (χ2n) is 8.77. The van der Waals surface area contributed by atoms with Crippen LogP contribution in [0.25, 0.3) is 55.4 Å². The Morgan fingerprint density at radius 2 is 1.43 bits per heavy atom. The Labute approximate surface area is 205 Å². The van der Waals surface area contributed by atoms with Crippen molar-refractivity contribution in [2.45, 2.75) is 6.92 Å². The first kappa shape index (κ1) is 19.8. The average molecular weight is 453 g/mol. The van der Waals surface area contributed by atoms with Crippen molar-refractivity contribution in [1.29, 1.82) is 5.26 Å². The molecule has 3 nitrogen and oxygen atoms in total. The molecule has 6 rings (SSSR count). The van der Waals surface area contributed by atoms with E-state index in [-0.39, 0.29) is 6.04 Å². The molecule has 0 unspecified atom stereocenters. The predicted molar refractivity (Wildman–Crippen MR) is 141 cm³/mol. The maximum atomic E-state index is 10.0. The molecular formula is C32H23N2O+. The molecule has 0 spiro atoms. The Kier molecular flexibility index (Phi) is 4.67. The smallest absolute Gasteiger partial charge is 0.216 e. The number of rotatable bonds is 3. The Morgan fingerprint density at radius 1 is 0.743 bits per heavy atom. The van der Waals surface area contributed by atoms with Gasteiger partial charge >= 0.3 is 0 Å². The van der Waals surface area contributed by atoms with Gasteiger partial charge in [-0.1, -0.05) is 66.7 Å². The summed E-state index contributed by atoms with van der Waals surface area (Å²) in [5.74, 6) is 0. The quantitative estimate of drug-likeness (QED) is 0.260. The largest absolute Gasteiger partial charge is 0.454 e. The van der Waals surface area contributed by atoms with E-state index in [2.05, 4.69) is 54.0 Å². The number of benzene rings is 4. The van der Waals surface area contributed by atoms with E-state index < -0.39 is 0 Å². The summed E-state index contributed by atoms with van der Waals surface area (Å²) >= 11 is 0. The topological polar surface area (TPSA) is 40.8 Å². The van der Waals surface area contributed by atoms with Crippen LogP contribution in [0.2, 0.25) is 0 Å². The van der Waals surface area contributed by atoms with Crippen LogP contribution in [0.4, 0.5) is 0 Å². The van der Waals surface area contributed by atoms with E-state index in [9.17, 15) is 5.26 Å². The number of pyridine rings is 1. The molecule has 0 radical (unpaired) electrons. The number of nitrogens with zero attached hydrogens (tertiary/aromatic N) is 2. The van der Waals surface area contributed by atoms with Gasteiger partial charge in [-0.25, -0.2) is 4.57 Å². The van der Waals surface area contributed by atoms with Crippen molar-refractivity contribution in [2.24, 2.45) is 7.05 Å². The number of aromatic nitrogens is 1. The summed E-state index contributed by atoms with van der Waals surface area (Å²) < 4.78 is 17.5. The van der Waals surface area contributed by atoms with Gasteiger partial charge in [-0.05, 0) is 47.4 Å². The highest BCUT2D eigenvalue weighted by atomic mass is 16.3. The maximum Gasteiger partial charge on any atom is 0.216 e. The second kappa shape index (κ2) is 8.27. The van der Waals surface area contributed by atoms with Gasteiger partial charge in [0, 0.05) is 28.5 Å². The van der Waals surface area contributed by atoms with Gasteiger partial charge in [0.15, 0.2) is 6.20 Å². The molecule has 4 aromatic carbocycles. The first-order valence-electron chi connectivity index (χ1n) is 12.1. The summed E-state index contributed by atoms with van der Waals surface area (Å²) in [6.45, 7) is 2.07. The van der Waals surface area contributed by atoms with Gasteiger partial charge < -0.3 is 4.42 Å². The van der Waals surface area contributed by atoms with Gasteiger partial charge in [0.2, 0.25) is 5.69 Å². The van der Waals surface area contributed by atoms with E-state index in [4.69, 9.17) is 5.79 Å². The highest BCUT2D eigenvalue weighted by Gasteiger charge is 2.22. The van der Waals surface area contributed by atoms with E-state index in [1.54, 1.807) is 6.07 Å². The molecule has 0 aliphatic carbocycles. The Bertz CT molecular complexity index is 1810. The molecule has 0 N–H and O–H groups in total. The molecule has 35 heavy (non-hydrogen) atoms. The lowest BCUT2D eigenvalue weighted by Gasteiger charge is -2.07. The van der Waals surface area contributed by atoms with Crippen LogP contribution in [0.3, 0.4) is 0 Å². The van der Waals surface area contributed by atoms with Gasteiger partial charge in [-0.15, -0.1) is 0 Å². The van der Waals surface area contributed by atoms with Gasteiger partial charge in [-0.2, -0.15) is 5.26 Å². The van der Waals surface area contributed by atoms with Crippen LogP contribution in [0.1, 0.15) is 12.5 Å². The standard InChI is InChI=1S/C32H23N2O/c1-21-11-17-26-27-18-16-25(20-33)30(24-14-12-23(13-15-24)22-8-4-3-5-9-22)32(27)35-31(26)29(21)28-10-6-7-19-34(28)2/h3-19H,1-2H3/q+1/i18D. The number of fused-ring (bicyclic) bond motifs is 3. The van der Waals surface area contributed by atoms with E-state index in [0.29, 0.717) is 11.1 Å². The molecule has 166 valence electrons. The van der Waals surface area contributed by atoms with Crippen LogP contribution in [-0.2, 0) is 7.05 Å². The monoisotopic (exact) mass is 452 g/mol. The minimum Gasteiger partial charge on any atom is -0.454 e. The fourth-order valence-corrected chi connectivity index (χ4v) is 4.85. The minimum atomic E-state index is 0.289. The molecule has 0 saturated heterocycles. The fourth-order valence-electron chi connectivity index (χ4n) is 4.85. The van der Waals surface area contributed by atoms with Crippen LogP contribution in [0.5, 0.6) is 0 Å². The van der Waals surface area contributed by atoms with Crippen molar-refractivity contribution < 1.29 is 10.4 Å². The van der Waals surface area contributed by atoms with Crippen molar-refractivity contribution in [1.82, 2.24) is 0 Å². The molecule has 0 saturated carbocycles. The summed E-state index contributed by atoms with van der Waals surface area (Å²) in [5, 5.41) is 11.6. The third-order valence-electron chi connectivity index (χ3n) is 6.64. The summed E-state index contributed by atoms with van der Waals surface area (Å²) in [4.78, 5) is 0. The third kappa shape index (κ3) is 3.39. The number of aryl methyl sites for hydroxylation is 2. The number of furan rings is 1. The van der Waals surface area contributed by atoms with Crippen molar-refractivity contribution in [3.05, 3.63) is 114 Å². The molecule has 0 fully saturated rings. The first-order valence-corrected chi connectivity index (χ1v) is 11.6. The lowest BCUT2D eigenvalue weighted by Crippen LogP contribution is -2.30. The zero-order valence-corrected chi connectivity index (χ0v) is 19.5. The molecule has 2 heterocycles. The normalized spacial score (nSPS) is 11.5. The third-order valence-corrected chi connectivity index (χ3v) is 6.64. The summed E-state index contributed by atoms with van der Waals surface area (Å²) in [6, 6.07) is 32.8. The maximum absolute atomic E-state index is 10.0. The van der Waals surface area contributed by atoms with Crippen LogP contribution >= 0.6 is 0 Å². The van der Waals surface area contributed by atoms with E-state index >= 15 is 0 Å². The minimum absolute atomic E-state index is 0.289. The highest BCUT2D eigenvalue weighted by Crippen LogP contribution is 2.42. The van der Waals surface area contributed by atoms with Crippen molar-refractivity contribution in [3.8, 4) is 39.6 Å². The zero-order valence-electron chi connectivity index (χ0n) is 20.5. The van der Waals surface area contributed by atoms with Crippen molar-refractivity contribution in [2.75, 3.05) is 0 Å². The van der Waals surface area contributed by atoms with Crippen LogP contribution in [0.15, 0.2) is 108 Å². The summed E-state index contributed by atoms with van der Waals surface area (Å²) in [7, 11) is 2.01. The van der Waals surface area contributed by atoms with Crippen LogP contribution < -0.4 is 4.57 Å². The van der Waals surface area contributed by atoms with Crippen molar-refractivity contribution >= 4 is 21.9 Å². The average Bonchev–Trinajstić information content (AvgIpc) is 3.30. The first-order chi connectivity index (χ1) is 17.6. The molecule has 0 atom stereocenters. The van der Waals surface area contributed by atoms with Gasteiger partial charge in [0.25, 0.3) is 0 Å². The molecule has 0 aliphatic heterocycles. The second-order valence-corrected chi connectivity index (χ2v) is 8.77. The lowest BCUT2D eigenvalue weighted by molar-refractivity contribution is -0.660. The lowest BCUT2D eigenvalue weighted by atomic mass is 9.95. The van der Waals surface area contributed by atoms with E-state index in [1.807, 2.05) is 61.8 Å². The summed E-state index contributed by atoms with van der Waals surface area (Å²) in [6.07, 6.45) is 2.01. The number of nitriles is 1. The number of hydrogen-bond donors (Lipinski definition) is 0. The predicted octanol–water partition coefficient (Wildman–Crippen LogP) is 7.59. The van der Waals surface area contributed by atoms with Gasteiger partial charge in [-0.3, -0.25) is 0 Å². The molecule has 6 aromatic rings. The SMILES string of the molecule is [2H]c1cc(C#N)c(-c2ccc(-c3ccccc3)cc2)c2oc3c(-c4cccc[n+]4C)c(C)ccc3c12. The molecule has 0 bridgehead atoms. The van der Waals surface area contributed by atoms with Crippen LogP contribution in [-0.4, -0.2) is 0 Å². The van der Waals surface area contributed by atoms with Crippen molar-refractivity contribution in [3.63, 3.8) is 0 Å². The molecule has 3 heteroatoms. The Morgan fingerprint density at radius 3 is 2.17 bits per heavy atom. The van der Waals surface area contributed by atoms with Gasteiger partial charge in [0.05, 0.1) is 18.6 Å². The highest BCUT2D eigenvalue weighted by molar-refractivity contribution is 6.14. The summed E-state index contributed by atoms with van der Waals surface area (Å²) in [5.41, 5.74) is 8.70. The van der Waals surface area contributed by atoms with E-state index in [0.717, 1.165) is 55.4 Å².